The third-order valence-electron chi connectivity index (χ3n) is 2.92. The quantitative estimate of drug-likeness (QED) is 0.544. The molecule has 3 rings (SSSR count). The fourth-order valence-electron chi connectivity index (χ4n) is 1.97. The van der Waals surface area contributed by atoms with E-state index in [0.29, 0.717) is 17.2 Å². The highest BCUT2D eigenvalue weighted by atomic mass is 16.6. The first-order valence-corrected chi connectivity index (χ1v) is 6.22. The Morgan fingerprint density at radius 3 is 2.81 bits per heavy atom. The van der Waals surface area contributed by atoms with E-state index in [-0.39, 0.29) is 5.69 Å². The highest BCUT2D eigenvalue weighted by Gasteiger charge is 2.11. The Kier molecular flexibility index (Phi) is 3.15. The number of imidazole rings is 1. The molecule has 104 valence electrons. The third kappa shape index (κ3) is 2.62. The molecule has 0 bridgehead atoms. The Labute approximate surface area is 120 Å². The van der Waals surface area contributed by atoms with E-state index in [4.69, 9.17) is 0 Å². The molecule has 0 fully saturated rings. The standard InChI is InChI=1S/C14H11N5O2/c1-10-7-13(18-6-5-15-9-18)17-14(16-10)11-3-2-4-12(8-11)19(20)21/h2-9H,1H3. The summed E-state index contributed by atoms with van der Waals surface area (Å²) < 4.78 is 1.76. The summed E-state index contributed by atoms with van der Waals surface area (Å²) in [5.41, 5.74) is 1.39. The molecule has 0 N–H and O–H groups in total. The van der Waals surface area contributed by atoms with Crippen LogP contribution in [-0.2, 0) is 0 Å². The Bertz CT molecular complexity index is 799. The maximum absolute atomic E-state index is 10.9. The lowest BCUT2D eigenvalue weighted by molar-refractivity contribution is -0.384. The molecule has 2 heterocycles. The zero-order valence-corrected chi connectivity index (χ0v) is 11.2. The number of rotatable bonds is 3. The van der Waals surface area contributed by atoms with Crippen molar-refractivity contribution >= 4 is 5.69 Å². The van der Waals surface area contributed by atoms with Crippen molar-refractivity contribution in [2.45, 2.75) is 6.92 Å². The maximum Gasteiger partial charge on any atom is 0.270 e. The molecule has 0 atom stereocenters. The van der Waals surface area contributed by atoms with Gasteiger partial charge in [-0.05, 0) is 6.92 Å². The average Bonchev–Trinajstić information content (AvgIpc) is 3.01. The topological polar surface area (TPSA) is 86.7 Å². The van der Waals surface area contributed by atoms with Gasteiger partial charge in [0.25, 0.3) is 5.69 Å². The minimum atomic E-state index is -0.434. The Morgan fingerprint density at radius 2 is 2.10 bits per heavy atom. The maximum atomic E-state index is 10.9. The average molecular weight is 281 g/mol. The normalized spacial score (nSPS) is 10.5. The van der Waals surface area contributed by atoms with Crippen molar-refractivity contribution in [2.75, 3.05) is 0 Å². The Hall–Kier alpha value is -3.09. The molecule has 0 spiro atoms. The van der Waals surface area contributed by atoms with Crippen molar-refractivity contribution in [1.82, 2.24) is 19.5 Å². The smallest absolute Gasteiger partial charge is 0.270 e. The lowest BCUT2D eigenvalue weighted by Gasteiger charge is -2.06. The number of aromatic nitrogens is 4. The fraction of sp³-hybridized carbons (Fsp3) is 0.0714. The second-order valence-electron chi connectivity index (χ2n) is 4.47. The molecule has 0 aliphatic rings. The summed E-state index contributed by atoms with van der Waals surface area (Å²) in [6.45, 7) is 1.85. The summed E-state index contributed by atoms with van der Waals surface area (Å²) in [6, 6.07) is 8.10. The summed E-state index contributed by atoms with van der Waals surface area (Å²) in [6.07, 6.45) is 5.07. The number of nitro groups is 1. The lowest BCUT2D eigenvalue weighted by atomic mass is 10.2. The molecule has 3 aromatic rings. The van der Waals surface area contributed by atoms with Gasteiger partial charge in [-0.15, -0.1) is 0 Å². The molecule has 0 unspecified atom stereocenters. The number of nitrogens with zero attached hydrogens (tertiary/aromatic N) is 5. The van der Waals surface area contributed by atoms with Crippen LogP contribution in [0.5, 0.6) is 0 Å². The molecule has 0 saturated carbocycles. The van der Waals surface area contributed by atoms with Crippen molar-refractivity contribution in [3.8, 4) is 17.2 Å². The van der Waals surface area contributed by atoms with Crippen molar-refractivity contribution < 1.29 is 4.92 Å². The molecule has 0 saturated heterocycles. The predicted octanol–water partition coefficient (Wildman–Crippen LogP) is 2.55. The van der Waals surface area contributed by atoms with E-state index in [0.717, 1.165) is 5.69 Å². The largest absolute Gasteiger partial charge is 0.290 e. The zero-order valence-electron chi connectivity index (χ0n) is 11.2. The molecule has 0 aliphatic carbocycles. The monoisotopic (exact) mass is 281 g/mol. The van der Waals surface area contributed by atoms with Crippen LogP contribution in [0.2, 0.25) is 0 Å². The van der Waals surface area contributed by atoms with Crippen LogP contribution in [0.15, 0.2) is 49.1 Å². The molecule has 21 heavy (non-hydrogen) atoms. The SMILES string of the molecule is Cc1cc(-n2ccnc2)nc(-c2cccc([N+](=O)[O-])c2)n1. The molecule has 0 amide bonds. The number of nitro benzene ring substituents is 1. The van der Waals surface area contributed by atoms with E-state index in [1.165, 1.54) is 12.1 Å². The molecule has 2 aromatic heterocycles. The first kappa shape index (κ1) is 12.9. The summed E-state index contributed by atoms with van der Waals surface area (Å²) in [5.74, 6) is 1.11. The van der Waals surface area contributed by atoms with Gasteiger partial charge >= 0.3 is 0 Å². The highest BCUT2D eigenvalue weighted by Crippen LogP contribution is 2.22. The molecule has 1 aromatic carbocycles. The number of non-ortho nitro benzene ring substituents is 1. The summed E-state index contributed by atoms with van der Waals surface area (Å²) in [7, 11) is 0. The van der Waals surface area contributed by atoms with Gasteiger partial charge in [-0.1, -0.05) is 12.1 Å². The van der Waals surface area contributed by atoms with E-state index in [1.807, 2.05) is 13.0 Å². The van der Waals surface area contributed by atoms with E-state index in [9.17, 15) is 10.1 Å². The van der Waals surface area contributed by atoms with Crippen molar-refractivity contribution in [1.29, 1.82) is 0 Å². The number of aryl methyl sites for hydroxylation is 1. The van der Waals surface area contributed by atoms with Gasteiger partial charge < -0.3 is 0 Å². The molecule has 7 heteroatoms. The van der Waals surface area contributed by atoms with Gasteiger partial charge in [0.15, 0.2) is 5.82 Å². The van der Waals surface area contributed by atoms with Crippen LogP contribution in [-0.4, -0.2) is 24.4 Å². The van der Waals surface area contributed by atoms with Crippen molar-refractivity contribution in [2.24, 2.45) is 0 Å². The second kappa shape index (κ2) is 5.12. The van der Waals surface area contributed by atoms with Gasteiger partial charge in [0.2, 0.25) is 0 Å². The summed E-state index contributed by atoms with van der Waals surface area (Å²) in [4.78, 5) is 23.2. The number of benzene rings is 1. The van der Waals surface area contributed by atoms with Crippen LogP contribution in [0.3, 0.4) is 0 Å². The van der Waals surface area contributed by atoms with E-state index in [2.05, 4.69) is 15.0 Å². The molecule has 0 radical (unpaired) electrons. The van der Waals surface area contributed by atoms with E-state index in [1.54, 1.807) is 35.4 Å². The zero-order chi connectivity index (χ0) is 14.8. The van der Waals surface area contributed by atoms with Gasteiger partial charge in [-0.2, -0.15) is 0 Å². The van der Waals surface area contributed by atoms with Gasteiger partial charge in [-0.25, -0.2) is 15.0 Å². The molecular weight excluding hydrogens is 270 g/mol. The van der Waals surface area contributed by atoms with Gasteiger partial charge in [-0.3, -0.25) is 14.7 Å². The van der Waals surface area contributed by atoms with Crippen LogP contribution >= 0.6 is 0 Å². The predicted molar refractivity (Wildman–Crippen MR) is 76.0 cm³/mol. The Balaban J connectivity index is 2.10. The minimum absolute atomic E-state index is 0.0155. The first-order valence-electron chi connectivity index (χ1n) is 6.22. The van der Waals surface area contributed by atoms with Crippen LogP contribution in [0, 0.1) is 17.0 Å². The van der Waals surface area contributed by atoms with Crippen LogP contribution in [0.1, 0.15) is 5.69 Å². The summed E-state index contributed by atoms with van der Waals surface area (Å²) >= 11 is 0. The lowest BCUT2D eigenvalue weighted by Crippen LogP contribution is -2.00. The van der Waals surface area contributed by atoms with Crippen LogP contribution < -0.4 is 0 Å². The summed E-state index contributed by atoms with van der Waals surface area (Å²) in [5, 5.41) is 10.9. The molecular formula is C14H11N5O2. The van der Waals surface area contributed by atoms with Gasteiger partial charge in [0.05, 0.1) is 4.92 Å². The van der Waals surface area contributed by atoms with Crippen molar-refractivity contribution in [3.63, 3.8) is 0 Å². The number of hydrogen-bond acceptors (Lipinski definition) is 5. The number of hydrogen-bond donors (Lipinski definition) is 0. The third-order valence-corrected chi connectivity index (χ3v) is 2.92. The molecule has 7 nitrogen and oxygen atoms in total. The fourth-order valence-corrected chi connectivity index (χ4v) is 1.97. The second-order valence-corrected chi connectivity index (χ2v) is 4.47. The Morgan fingerprint density at radius 1 is 1.24 bits per heavy atom. The van der Waals surface area contributed by atoms with Gasteiger partial charge in [0, 0.05) is 41.9 Å². The van der Waals surface area contributed by atoms with E-state index >= 15 is 0 Å². The van der Waals surface area contributed by atoms with Gasteiger partial charge in [0.1, 0.15) is 12.1 Å². The van der Waals surface area contributed by atoms with Crippen LogP contribution in [0.25, 0.3) is 17.2 Å². The van der Waals surface area contributed by atoms with Crippen LogP contribution in [0.4, 0.5) is 5.69 Å². The van der Waals surface area contributed by atoms with Crippen molar-refractivity contribution in [3.05, 3.63) is 64.9 Å². The highest BCUT2D eigenvalue weighted by molar-refractivity contribution is 5.60. The minimum Gasteiger partial charge on any atom is -0.290 e. The van der Waals surface area contributed by atoms with E-state index < -0.39 is 4.92 Å². The first-order chi connectivity index (χ1) is 10.1. The molecule has 0 aliphatic heterocycles.